The van der Waals surface area contributed by atoms with Crippen LogP contribution in [-0.2, 0) is 31.3 Å². The zero-order chi connectivity index (χ0) is 23.4. The SMILES string of the molecule is CCOCc1ccccc1Oc1cc(C)cc(OS(=O)(=O)c2ccccc2S(C)(=O)=O)c1. The van der Waals surface area contributed by atoms with Gasteiger partial charge in [0.1, 0.15) is 22.1 Å². The molecule has 0 radical (unpaired) electrons. The Morgan fingerprint density at radius 3 is 2.12 bits per heavy atom. The number of para-hydroxylation sites is 1. The Bertz CT molecular complexity index is 1310. The first kappa shape index (κ1) is 23.8. The van der Waals surface area contributed by atoms with Gasteiger partial charge in [0.25, 0.3) is 0 Å². The highest BCUT2D eigenvalue weighted by atomic mass is 32.2. The van der Waals surface area contributed by atoms with E-state index in [4.69, 9.17) is 13.7 Å². The average Bonchev–Trinajstić information content (AvgIpc) is 2.72. The molecule has 0 heterocycles. The first-order valence-electron chi connectivity index (χ1n) is 9.79. The minimum atomic E-state index is -4.41. The first-order valence-corrected chi connectivity index (χ1v) is 13.1. The predicted molar refractivity (Wildman–Crippen MR) is 120 cm³/mol. The predicted octanol–water partition coefficient (Wildman–Crippen LogP) is 4.50. The Morgan fingerprint density at radius 1 is 0.812 bits per heavy atom. The molecule has 9 heteroatoms. The first-order chi connectivity index (χ1) is 15.1. The number of hydrogen-bond donors (Lipinski definition) is 0. The van der Waals surface area contributed by atoms with E-state index in [-0.39, 0.29) is 10.6 Å². The number of sulfone groups is 1. The van der Waals surface area contributed by atoms with Gasteiger partial charge in [-0.2, -0.15) is 8.42 Å². The van der Waals surface area contributed by atoms with E-state index >= 15 is 0 Å². The van der Waals surface area contributed by atoms with Crippen LogP contribution >= 0.6 is 0 Å². The van der Waals surface area contributed by atoms with Gasteiger partial charge < -0.3 is 13.7 Å². The summed E-state index contributed by atoms with van der Waals surface area (Å²) in [5, 5.41) is 0. The van der Waals surface area contributed by atoms with Crippen molar-refractivity contribution in [2.24, 2.45) is 0 Å². The third-order valence-corrected chi connectivity index (χ3v) is 7.00. The Balaban J connectivity index is 1.93. The molecule has 0 fully saturated rings. The fraction of sp³-hybridized carbons (Fsp3) is 0.217. The van der Waals surface area contributed by atoms with Crippen LogP contribution in [0, 0.1) is 6.92 Å². The van der Waals surface area contributed by atoms with Gasteiger partial charge in [0.15, 0.2) is 9.84 Å². The minimum absolute atomic E-state index is 0.00518. The van der Waals surface area contributed by atoms with Crippen LogP contribution in [0.5, 0.6) is 17.2 Å². The fourth-order valence-corrected chi connectivity index (χ4v) is 5.54. The van der Waals surface area contributed by atoms with E-state index in [0.717, 1.165) is 11.8 Å². The van der Waals surface area contributed by atoms with Crippen LogP contribution in [0.1, 0.15) is 18.1 Å². The van der Waals surface area contributed by atoms with E-state index in [2.05, 4.69) is 0 Å². The van der Waals surface area contributed by atoms with Crippen molar-refractivity contribution in [3.63, 3.8) is 0 Å². The Hall–Kier alpha value is -2.88. The van der Waals surface area contributed by atoms with Crippen LogP contribution in [0.4, 0.5) is 0 Å². The maximum atomic E-state index is 12.9. The molecule has 3 aromatic rings. The number of aryl methyl sites for hydroxylation is 1. The summed E-state index contributed by atoms with van der Waals surface area (Å²) < 4.78 is 66.5. The Morgan fingerprint density at radius 2 is 1.44 bits per heavy atom. The molecule has 0 atom stereocenters. The van der Waals surface area contributed by atoms with Crippen LogP contribution < -0.4 is 8.92 Å². The van der Waals surface area contributed by atoms with Crippen LogP contribution in [0.15, 0.2) is 76.5 Å². The maximum absolute atomic E-state index is 12.9. The summed E-state index contributed by atoms with van der Waals surface area (Å²) >= 11 is 0. The lowest BCUT2D eigenvalue weighted by Gasteiger charge is -2.14. The minimum Gasteiger partial charge on any atom is -0.457 e. The standard InChI is InChI=1S/C23H24O7S2/c1-4-28-16-18-9-5-6-10-21(18)29-19-13-17(2)14-20(15-19)30-32(26,27)23-12-8-7-11-22(23)31(3,24)25/h5-15H,4,16H2,1-3H3. The van der Waals surface area contributed by atoms with Crippen LogP contribution in [0.25, 0.3) is 0 Å². The molecule has 7 nitrogen and oxygen atoms in total. The Labute approximate surface area is 188 Å². The Kier molecular flexibility index (Phi) is 7.22. The lowest BCUT2D eigenvalue weighted by atomic mass is 10.2. The molecule has 0 N–H and O–H groups in total. The summed E-state index contributed by atoms with van der Waals surface area (Å²) in [7, 11) is -8.18. The number of rotatable bonds is 9. The fourth-order valence-electron chi connectivity index (χ4n) is 3.02. The van der Waals surface area contributed by atoms with E-state index in [1.54, 1.807) is 19.1 Å². The van der Waals surface area contributed by atoms with Gasteiger partial charge in [0.2, 0.25) is 0 Å². The van der Waals surface area contributed by atoms with Crippen molar-refractivity contribution >= 4 is 20.0 Å². The number of benzene rings is 3. The molecule has 0 aliphatic heterocycles. The third kappa shape index (κ3) is 5.87. The van der Waals surface area contributed by atoms with Crippen molar-refractivity contribution in [2.75, 3.05) is 12.9 Å². The van der Waals surface area contributed by atoms with Crippen molar-refractivity contribution in [3.8, 4) is 17.2 Å². The zero-order valence-electron chi connectivity index (χ0n) is 17.9. The molecule has 3 aromatic carbocycles. The van der Waals surface area contributed by atoms with Crippen molar-refractivity contribution in [1.82, 2.24) is 0 Å². The van der Waals surface area contributed by atoms with Crippen molar-refractivity contribution in [3.05, 3.63) is 77.9 Å². The molecule has 0 saturated heterocycles. The van der Waals surface area contributed by atoms with Gasteiger partial charge in [-0.25, -0.2) is 8.42 Å². The third-order valence-electron chi connectivity index (χ3n) is 4.41. The zero-order valence-corrected chi connectivity index (χ0v) is 19.6. The number of hydrogen-bond acceptors (Lipinski definition) is 7. The molecule has 0 aliphatic rings. The van der Waals surface area contributed by atoms with Gasteiger partial charge in [-0.05, 0) is 49.7 Å². The van der Waals surface area contributed by atoms with Gasteiger partial charge in [-0.3, -0.25) is 0 Å². The lowest BCUT2D eigenvalue weighted by molar-refractivity contribution is 0.132. The summed E-state index contributed by atoms with van der Waals surface area (Å²) in [5.41, 5.74) is 1.54. The van der Waals surface area contributed by atoms with Crippen LogP contribution in [0.2, 0.25) is 0 Å². The van der Waals surface area contributed by atoms with E-state index in [1.165, 1.54) is 36.4 Å². The maximum Gasteiger partial charge on any atom is 0.340 e. The quantitative estimate of drug-likeness (QED) is 0.420. The van der Waals surface area contributed by atoms with Crippen LogP contribution in [-0.4, -0.2) is 29.7 Å². The molecule has 0 aromatic heterocycles. The average molecular weight is 477 g/mol. The summed E-state index contributed by atoms with van der Waals surface area (Å²) in [4.78, 5) is -0.748. The molecule has 0 aliphatic carbocycles. The molecule has 32 heavy (non-hydrogen) atoms. The second-order valence-electron chi connectivity index (χ2n) is 7.09. The molecule has 0 bridgehead atoms. The summed E-state index contributed by atoms with van der Waals surface area (Å²) in [6, 6.07) is 17.4. The highest BCUT2D eigenvalue weighted by Gasteiger charge is 2.25. The van der Waals surface area contributed by atoms with Crippen molar-refractivity contribution in [2.45, 2.75) is 30.2 Å². The van der Waals surface area contributed by atoms with Gasteiger partial charge in [-0.1, -0.05) is 30.3 Å². The normalized spacial score (nSPS) is 11.8. The highest BCUT2D eigenvalue weighted by molar-refractivity contribution is 7.92. The summed E-state index contributed by atoms with van der Waals surface area (Å²) in [6.45, 7) is 4.60. The lowest BCUT2D eigenvalue weighted by Crippen LogP contribution is -2.14. The van der Waals surface area contributed by atoms with Gasteiger partial charge >= 0.3 is 10.1 Å². The van der Waals surface area contributed by atoms with Crippen molar-refractivity contribution in [1.29, 1.82) is 0 Å². The highest BCUT2D eigenvalue weighted by Crippen LogP contribution is 2.32. The number of ether oxygens (including phenoxy) is 2. The van der Waals surface area contributed by atoms with Crippen molar-refractivity contribution < 1.29 is 30.5 Å². The second-order valence-corrected chi connectivity index (χ2v) is 10.6. The van der Waals surface area contributed by atoms with E-state index in [0.29, 0.717) is 30.3 Å². The van der Waals surface area contributed by atoms with Gasteiger partial charge in [-0.15, -0.1) is 0 Å². The molecule has 0 amide bonds. The largest absolute Gasteiger partial charge is 0.457 e. The monoisotopic (exact) mass is 476 g/mol. The summed E-state index contributed by atoms with van der Waals surface area (Å²) in [5.74, 6) is 0.948. The molecule has 0 saturated carbocycles. The van der Waals surface area contributed by atoms with E-state index < -0.39 is 24.9 Å². The van der Waals surface area contributed by atoms with E-state index in [1.807, 2.05) is 25.1 Å². The van der Waals surface area contributed by atoms with Crippen LogP contribution in [0.3, 0.4) is 0 Å². The smallest absolute Gasteiger partial charge is 0.340 e. The molecular formula is C23H24O7S2. The van der Waals surface area contributed by atoms with E-state index in [9.17, 15) is 16.8 Å². The topological polar surface area (TPSA) is 96.0 Å². The van der Waals surface area contributed by atoms with Gasteiger partial charge in [0, 0.05) is 24.5 Å². The molecule has 0 spiro atoms. The molecule has 0 unspecified atom stereocenters. The summed E-state index contributed by atoms with van der Waals surface area (Å²) in [6.07, 6.45) is 0.944. The second kappa shape index (κ2) is 9.72. The van der Waals surface area contributed by atoms with Gasteiger partial charge in [0.05, 0.1) is 11.5 Å². The molecule has 170 valence electrons. The molecular weight excluding hydrogens is 452 g/mol. The molecule has 3 rings (SSSR count).